The summed E-state index contributed by atoms with van der Waals surface area (Å²) in [6.45, 7) is 3.91. The van der Waals surface area contributed by atoms with Crippen molar-refractivity contribution >= 4 is 27.4 Å². The largest absolute Gasteiger partial charge is 0.265 e. The molecule has 0 N–H and O–H groups in total. The van der Waals surface area contributed by atoms with Crippen LogP contribution in [0.1, 0.15) is 16.7 Å². The molecule has 134 valence electrons. The van der Waals surface area contributed by atoms with Gasteiger partial charge in [-0.2, -0.15) is 0 Å². The van der Waals surface area contributed by atoms with Crippen LogP contribution < -0.4 is 4.31 Å². The fourth-order valence-electron chi connectivity index (χ4n) is 2.65. The first kappa shape index (κ1) is 18.4. The van der Waals surface area contributed by atoms with Gasteiger partial charge in [0.05, 0.1) is 16.5 Å². The Morgan fingerprint density at radius 2 is 1.65 bits per heavy atom. The highest BCUT2D eigenvalue weighted by molar-refractivity contribution is 7.92. The van der Waals surface area contributed by atoms with Gasteiger partial charge in [0.2, 0.25) is 0 Å². The van der Waals surface area contributed by atoms with Gasteiger partial charge in [-0.1, -0.05) is 59.6 Å². The van der Waals surface area contributed by atoms with Crippen LogP contribution in [0.5, 0.6) is 0 Å². The van der Waals surface area contributed by atoms with Gasteiger partial charge in [0.25, 0.3) is 10.0 Å². The SMILES string of the molecule is Cc1ccc(S(=O)(=O)N(Cc2ccccc2)c2ncc(Cl)cc2C)cc1. The minimum absolute atomic E-state index is 0.187. The second-order valence-corrected chi connectivity index (χ2v) is 8.40. The number of benzene rings is 2. The highest BCUT2D eigenvalue weighted by atomic mass is 35.5. The molecule has 1 heterocycles. The van der Waals surface area contributed by atoms with Gasteiger partial charge < -0.3 is 0 Å². The average Bonchev–Trinajstić information content (AvgIpc) is 2.61. The topological polar surface area (TPSA) is 50.3 Å². The number of nitrogens with zero attached hydrogens (tertiary/aromatic N) is 2. The predicted molar refractivity (Wildman–Crippen MR) is 105 cm³/mol. The Morgan fingerprint density at radius 3 is 2.27 bits per heavy atom. The Morgan fingerprint density at radius 1 is 1.00 bits per heavy atom. The zero-order valence-electron chi connectivity index (χ0n) is 14.6. The summed E-state index contributed by atoms with van der Waals surface area (Å²) in [7, 11) is -3.78. The summed E-state index contributed by atoms with van der Waals surface area (Å²) in [6, 6.07) is 18.0. The number of aromatic nitrogens is 1. The third-order valence-corrected chi connectivity index (χ3v) is 5.99. The van der Waals surface area contributed by atoms with Gasteiger partial charge in [0, 0.05) is 6.20 Å². The quantitative estimate of drug-likeness (QED) is 0.635. The number of aryl methyl sites for hydroxylation is 2. The van der Waals surface area contributed by atoms with Gasteiger partial charge in [-0.15, -0.1) is 0 Å². The van der Waals surface area contributed by atoms with Crippen molar-refractivity contribution < 1.29 is 8.42 Å². The van der Waals surface area contributed by atoms with E-state index in [9.17, 15) is 8.42 Å². The van der Waals surface area contributed by atoms with Crippen molar-refractivity contribution in [1.82, 2.24) is 4.98 Å². The van der Waals surface area contributed by atoms with Gasteiger partial charge in [-0.25, -0.2) is 17.7 Å². The molecule has 0 saturated heterocycles. The number of hydrogen-bond acceptors (Lipinski definition) is 3. The zero-order chi connectivity index (χ0) is 18.7. The molecule has 0 radical (unpaired) electrons. The highest BCUT2D eigenvalue weighted by Crippen LogP contribution is 2.28. The lowest BCUT2D eigenvalue weighted by Crippen LogP contribution is -2.32. The molecule has 0 atom stereocenters. The van der Waals surface area contributed by atoms with Gasteiger partial charge in [-0.3, -0.25) is 0 Å². The molecule has 0 aliphatic heterocycles. The molecule has 0 bridgehead atoms. The first-order valence-corrected chi connectivity index (χ1v) is 9.95. The fraction of sp³-hybridized carbons (Fsp3) is 0.150. The van der Waals surface area contributed by atoms with Gasteiger partial charge in [-0.05, 0) is 43.2 Å². The van der Waals surface area contributed by atoms with E-state index in [0.29, 0.717) is 16.4 Å². The molecule has 6 heteroatoms. The Labute approximate surface area is 159 Å². The lowest BCUT2D eigenvalue weighted by Gasteiger charge is -2.25. The molecule has 0 aliphatic carbocycles. The van der Waals surface area contributed by atoms with Crippen LogP contribution in [0.2, 0.25) is 5.02 Å². The molecular weight excluding hydrogens is 368 g/mol. The van der Waals surface area contributed by atoms with Crippen LogP contribution in [0.4, 0.5) is 5.82 Å². The highest BCUT2D eigenvalue weighted by Gasteiger charge is 2.27. The van der Waals surface area contributed by atoms with Gasteiger partial charge in [0.15, 0.2) is 0 Å². The molecule has 0 aliphatic rings. The van der Waals surface area contributed by atoms with Crippen LogP contribution in [0.15, 0.2) is 71.8 Å². The van der Waals surface area contributed by atoms with E-state index in [1.54, 1.807) is 37.3 Å². The maximum atomic E-state index is 13.3. The third kappa shape index (κ3) is 3.89. The first-order chi connectivity index (χ1) is 12.4. The van der Waals surface area contributed by atoms with Gasteiger partial charge >= 0.3 is 0 Å². The van der Waals surface area contributed by atoms with Crippen molar-refractivity contribution in [2.24, 2.45) is 0 Å². The fourth-order valence-corrected chi connectivity index (χ4v) is 4.34. The van der Waals surface area contributed by atoms with Crippen molar-refractivity contribution in [2.45, 2.75) is 25.3 Å². The Balaban J connectivity index is 2.12. The summed E-state index contributed by atoms with van der Waals surface area (Å²) in [4.78, 5) is 4.53. The van der Waals surface area contributed by atoms with Crippen LogP contribution in [0, 0.1) is 13.8 Å². The van der Waals surface area contributed by atoms with E-state index in [4.69, 9.17) is 11.6 Å². The molecule has 4 nitrogen and oxygen atoms in total. The number of halogens is 1. The second-order valence-electron chi connectivity index (χ2n) is 6.10. The zero-order valence-corrected chi connectivity index (χ0v) is 16.1. The van der Waals surface area contributed by atoms with E-state index in [-0.39, 0.29) is 11.4 Å². The molecule has 0 spiro atoms. The molecule has 0 fully saturated rings. The standard InChI is InChI=1S/C20H19ClN2O2S/c1-15-8-10-19(11-9-15)26(24,25)23(14-17-6-4-3-5-7-17)20-16(2)12-18(21)13-22-20/h3-13H,14H2,1-2H3. The molecule has 3 aromatic rings. The number of anilines is 1. The van der Waals surface area contributed by atoms with E-state index < -0.39 is 10.0 Å². The number of hydrogen-bond donors (Lipinski definition) is 0. The van der Waals surface area contributed by atoms with Crippen molar-refractivity contribution in [1.29, 1.82) is 0 Å². The van der Waals surface area contributed by atoms with Crippen molar-refractivity contribution in [3.05, 3.63) is 88.6 Å². The lowest BCUT2D eigenvalue weighted by atomic mass is 10.2. The summed E-state index contributed by atoms with van der Waals surface area (Å²) in [5, 5.41) is 0.471. The summed E-state index contributed by atoms with van der Waals surface area (Å²) in [5.41, 5.74) is 2.57. The predicted octanol–water partition coefficient (Wildman–Crippen LogP) is 4.75. The molecule has 0 amide bonds. The maximum absolute atomic E-state index is 13.3. The van der Waals surface area contributed by atoms with Crippen molar-refractivity contribution in [3.63, 3.8) is 0 Å². The van der Waals surface area contributed by atoms with E-state index in [1.165, 1.54) is 10.5 Å². The lowest BCUT2D eigenvalue weighted by molar-refractivity contribution is 0.589. The minimum Gasteiger partial charge on any atom is -0.245 e. The van der Waals surface area contributed by atoms with E-state index in [2.05, 4.69) is 4.98 Å². The van der Waals surface area contributed by atoms with Gasteiger partial charge in [0.1, 0.15) is 5.82 Å². The Hall–Kier alpha value is -2.37. The monoisotopic (exact) mass is 386 g/mol. The molecule has 3 rings (SSSR count). The average molecular weight is 387 g/mol. The van der Waals surface area contributed by atoms with Crippen molar-refractivity contribution in [2.75, 3.05) is 4.31 Å². The van der Waals surface area contributed by atoms with Crippen LogP contribution in [0.3, 0.4) is 0 Å². The van der Waals surface area contributed by atoms with Crippen LogP contribution >= 0.6 is 11.6 Å². The first-order valence-electron chi connectivity index (χ1n) is 8.13. The smallest absolute Gasteiger partial charge is 0.245 e. The molecule has 26 heavy (non-hydrogen) atoms. The summed E-state index contributed by atoms with van der Waals surface area (Å²) < 4.78 is 28.0. The maximum Gasteiger partial charge on any atom is 0.265 e. The molecular formula is C20H19ClN2O2S. The van der Waals surface area contributed by atoms with E-state index >= 15 is 0 Å². The number of sulfonamides is 1. The number of rotatable bonds is 5. The molecule has 0 saturated carbocycles. The normalized spacial score (nSPS) is 11.3. The molecule has 0 unspecified atom stereocenters. The summed E-state index contributed by atoms with van der Waals surface area (Å²) in [5.74, 6) is 0.374. The number of pyridine rings is 1. The van der Waals surface area contributed by atoms with E-state index in [1.807, 2.05) is 37.3 Å². The second kappa shape index (κ2) is 7.48. The Kier molecular flexibility index (Phi) is 5.30. The van der Waals surface area contributed by atoms with E-state index in [0.717, 1.165) is 11.1 Å². The van der Waals surface area contributed by atoms with Crippen LogP contribution in [-0.4, -0.2) is 13.4 Å². The van der Waals surface area contributed by atoms with Crippen LogP contribution in [0.25, 0.3) is 0 Å². The third-order valence-electron chi connectivity index (χ3n) is 4.03. The minimum atomic E-state index is -3.78. The van der Waals surface area contributed by atoms with Crippen molar-refractivity contribution in [3.8, 4) is 0 Å². The molecule has 1 aromatic heterocycles. The molecule has 2 aromatic carbocycles. The van der Waals surface area contributed by atoms with Crippen LogP contribution in [-0.2, 0) is 16.6 Å². The summed E-state index contributed by atoms with van der Waals surface area (Å²) >= 11 is 6.00. The summed E-state index contributed by atoms with van der Waals surface area (Å²) in [6.07, 6.45) is 1.46. The Bertz CT molecular complexity index is 1000.